The Kier molecular flexibility index (Phi) is 3.51. The van der Waals surface area contributed by atoms with E-state index in [1.807, 2.05) is 7.05 Å². The van der Waals surface area contributed by atoms with Crippen molar-refractivity contribution < 1.29 is 0 Å². The summed E-state index contributed by atoms with van der Waals surface area (Å²) in [4.78, 5) is 7.24. The third-order valence-corrected chi connectivity index (χ3v) is 4.37. The highest BCUT2D eigenvalue weighted by Crippen LogP contribution is 2.35. The zero-order valence-electron chi connectivity index (χ0n) is 12.7. The van der Waals surface area contributed by atoms with E-state index < -0.39 is 0 Å². The van der Waals surface area contributed by atoms with Crippen LogP contribution in [0, 0.1) is 0 Å². The topological polar surface area (TPSA) is 28.2 Å². The van der Waals surface area contributed by atoms with Crippen LogP contribution in [-0.4, -0.2) is 25.1 Å². The van der Waals surface area contributed by atoms with Gasteiger partial charge in [-0.15, -0.1) is 0 Å². The number of hydrogen-bond acceptors (Lipinski definition) is 3. The molecule has 0 unspecified atom stereocenters. The average Bonchev–Trinajstić information content (AvgIpc) is 2.94. The van der Waals surface area contributed by atoms with Gasteiger partial charge in [-0.05, 0) is 56.9 Å². The summed E-state index contributed by atoms with van der Waals surface area (Å²) in [5, 5.41) is 4.68. The molecule has 1 N–H and O–H groups in total. The number of nitrogens with zero attached hydrogens (tertiary/aromatic N) is 2. The summed E-state index contributed by atoms with van der Waals surface area (Å²) in [6.45, 7) is 6.48. The molecule has 1 heterocycles. The highest BCUT2D eigenvalue weighted by atomic mass is 15.1. The Balaban J connectivity index is 2.20. The molecule has 106 valence electrons. The van der Waals surface area contributed by atoms with E-state index in [-0.39, 0.29) is 0 Å². The van der Waals surface area contributed by atoms with Crippen molar-refractivity contribution >= 4 is 22.3 Å². The van der Waals surface area contributed by atoms with E-state index in [0.717, 1.165) is 31.4 Å². The predicted molar refractivity (Wildman–Crippen MR) is 86.9 cm³/mol. The third-order valence-electron chi connectivity index (χ3n) is 4.37. The van der Waals surface area contributed by atoms with Gasteiger partial charge in [-0.2, -0.15) is 0 Å². The second-order valence-electron chi connectivity index (χ2n) is 5.39. The first-order valence-electron chi connectivity index (χ1n) is 7.66. The summed E-state index contributed by atoms with van der Waals surface area (Å²) in [5.74, 6) is 0. The van der Waals surface area contributed by atoms with Gasteiger partial charge in [0.25, 0.3) is 0 Å². The Bertz CT molecular complexity index is 630. The highest BCUT2D eigenvalue weighted by Gasteiger charge is 2.19. The lowest BCUT2D eigenvalue weighted by molar-refractivity contribution is 0.867. The van der Waals surface area contributed by atoms with Crippen LogP contribution in [0.1, 0.15) is 31.5 Å². The maximum atomic E-state index is 4.86. The first-order chi connectivity index (χ1) is 9.78. The second-order valence-corrected chi connectivity index (χ2v) is 5.39. The van der Waals surface area contributed by atoms with Crippen molar-refractivity contribution in [2.75, 3.05) is 30.4 Å². The first kappa shape index (κ1) is 13.2. The zero-order valence-corrected chi connectivity index (χ0v) is 12.7. The van der Waals surface area contributed by atoms with Crippen LogP contribution in [0.2, 0.25) is 0 Å². The maximum absolute atomic E-state index is 4.86. The van der Waals surface area contributed by atoms with Crippen molar-refractivity contribution in [1.82, 2.24) is 4.98 Å². The number of aryl methyl sites for hydroxylation is 1. The van der Waals surface area contributed by atoms with Crippen LogP contribution in [0.4, 0.5) is 11.4 Å². The molecule has 0 fully saturated rings. The Labute approximate surface area is 121 Å². The molecule has 0 aliphatic heterocycles. The van der Waals surface area contributed by atoms with Crippen molar-refractivity contribution in [1.29, 1.82) is 0 Å². The lowest BCUT2D eigenvalue weighted by Crippen LogP contribution is -2.21. The minimum Gasteiger partial charge on any atom is -0.387 e. The molecule has 1 aromatic heterocycles. The number of pyridine rings is 1. The molecule has 3 nitrogen and oxygen atoms in total. The number of aromatic nitrogens is 1. The van der Waals surface area contributed by atoms with Crippen LogP contribution in [0.15, 0.2) is 18.2 Å². The first-order valence-corrected chi connectivity index (χ1v) is 7.66. The monoisotopic (exact) mass is 269 g/mol. The van der Waals surface area contributed by atoms with Crippen molar-refractivity contribution in [3.8, 4) is 0 Å². The van der Waals surface area contributed by atoms with Crippen molar-refractivity contribution in [2.45, 2.75) is 33.1 Å². The van der Waals surface area contributed by atoms with E-state index in [1.165, 1.54) is 34.4 Å². The van der Waals surface area contributed by atoms with E-state index in [0.29, 0.717) is 0 Å². The van der Waals surface area contributed by atoms with Crippen LogP contribution >= 0.6 is 0 Å². The molecule has 3 rings (SSSR count). The van der Waals surface area contributed by atoms with Crippen LogP contribution in [0.3, 0.4) is 0 Å². The fourth-order valence-electron chi connectivity index (χ4n) is 3.32. The Morgan fingerprint density at radius 3 is 2.70 bits per heavy atom. The molecule has 2 aromatic rings. The maximum Gasteiger partial charge on any atom is 0.0727 e. The minimum absolute atomic E-state index is 1.04. The van der Waals surface area contributed by atoms with E-state index >= 15 is 0 Å². The summed E-state index contributed by atoms with van der Waals surface area (Å²) < 4.78 is 0. The van der Waals surface area contributed by atoms with Crippen molar-refractivity contribution in [2.24, 2.45) is 0 Å². The minimum atomic E-state index is 1.04. The summed E-state index contributed by atoms with van der Waals surface area (Å²) >= 11 is 0. The molecule has 0 atom stereocenters. The van der Waals surface area contributed by atoms with Gasteiger partial charge >= 0.3 is 0 Å². The van der Waals surface area contributed by atoms with Gasteiger partial charge in [0.2, 0.25) is 0 Å². The van der Waals surface area contributed by atoms with Gasteiger partial charge in [0.05, 0.1) is 5.52 Å². The molecular formula is C17H23N3. The molecule has 3 heteroatoms. The Morgan fingerprint density at radius 2 is 2.00 bits per heavy atom. The number of fused-ring (bicyclic) bond motifs is 2. The summed E-state index contributed by atoms with van der Waals surface area (Å²) in [6, 6.07) is 6.66. The molecule has 0 bridgehead atoms. The van der Waals surface area contributed by atoms with Gasteiger partial charge in [0.1, 0.15) is 0 Å². The number of anilines is 2. The fourth-order valence-corrected chi connectivity index (χ4v) is 3.32. The van der Waals surface area contributed by atoms with Crippen molar-refractivity contribution in [3.63, 3.8) is 0 Å². The summed E-state index contributed by atoms with van der Waals surface area (Å²) in [5.41, 5.74) is 6.41. The van der Waals surface area contributed by atoms with Gasteiger partial charge in [-0.25, -0.2) is 0 Å². The van der Waals surface area contributed by atoms with Gasteiger partial charge in [-0.1, -0.05) is 0 Å². The van der Waals surface area contributed by atoms with Gasteiger partial charge in [0, 0.05) is 42.6 Å². The van der Waals surface area contributed by atoms with Crippen LogP contribution < -0.4 is 10.2 Å². The largest absolute Gasteiger partial charge is 0.387 e. The number of hydrogen-bond donors (Lipinski definition) is 1. The Morgan fingerprint density at radius 1 is 1.20 bits per heavy atom. The van der Waals surface area contributed by atoms with E-state index in [4.69, 9.17) is 4.98 Å². The Hall–Kier alpha value is -1.77. The molecule has 0 radical (unpaired) electrons. The number of benzene rings is 1. The predicted octanol–water partition coefficient (Wildman–Crippen LogP) is 3.61. The molecule has 0 saturated carbocycles. The smallest absolute Gasteiger partial charge is 0.0727 e. The van der Waals surface area contributed by atoms with Crippen LogP contribution in [0.5, 0.6) is 0 Å². The number of nitrogens with one attached hydrogen (secondary N) is 1. The van der Waals surface area contributed by atoms with Gasteiger partial charge in [0.15, 0.2) is 0 Å². The standard InChI is InChI=1S/C17H23N3/c1-4-20(5-2)12-9-10-16-14(11-12)17(18-3)13-7-6-8-15(13)19-16/h9-11H,4-8H2,1-3H3,(H,18,19). The summed E-state index contributed by atoms with van der Waals surface area (Å²) in [6.07, 6.45) is 3.51. The van der Waals surface area contributed by atoms with Crippen LogP contribution in [0.25, 0.3) is 10.9 Å². The molecule has 0 spiro atoms. The number of rotatable bonds is 4. The van der Waals surface area contributed by atoms with Gasteiger partial charge < -0.3 is 10.2 Å². The normalized spacial score (nSPS) is 13.6. The molecular weight excluding hydrogens is 246 g/mol. The average molecular weight is 269 g/mol. The molecule has 1 aliphatic carbocycles. The highest BCUT2D eigenvalue weighted by molar-refractivity contribution is 5.95. The fraction of sp³-hybridized carbons (Fsp3) is 0.471. The third kappa shape index (κ3) is 2.01. The molecule has 0 amide bonds. The molecule has 1 aromatic carbocycles. The van der Waals surface area contributed by atoms with Gasteiger partial charge in [-0.3, -0.25) is 4.98 Å². The van der Waals surface area contributed by atoms with Crippen LogP contribution in [-0.2, 0) is 12.8 Å². The lowest BCUT2D eigenvalue weighted by Gasteiger charge is -2.22. The quantitative estimate of drug-likeness (QED) is 0.919. The molecule has 0 saturated heterocycles. The van der Waals surface area contributed by atoms with Crippen molar-refractivity contribution in [3.05, 3.63) is 29.5 Å². The lowest BCUT2D eigenvalue weighted by atomic mass is 10.1. The molecule has 20 heavy (non-hydrogen) atoms. The van der Waals surface area contributed by atoms with E-state index in [1.54, 1.807) is 0 Å². The summed E-state index contributed by atoms with van der Waals surface area (Å²) in [7, 11) is 2.03. The van der Waals surface area contributed by atoms with E-state index in [2.05, 4.69) is 42.3 Å². The van der Waals surface area contributed by atoms with E-state index in [9.17, 15) is 0 Å². The second kappa shape index (κ2) is 5.31. The SMILES string of the molecule is CCN(CC)c1ccc2nc3c(c(NC)c2c1)CCC3. The zero-order chi connectivity index (χ0) is 14.1. The molecule has 1 aliphatic rings.